The first kappa shape index (κ1) is 16.4. The van der Waals surface area contributed by atoms with Crippen LogP contribution in [0.4, 0.5) is 0 Å². The van der Waals surface area contributed by atoms with E-state index in [1.807, 2.05) is 12.1 Å². The number of benzene rings is 1. The molecule has 24 heavy (non-hydrogen) atoms. The van der Waals surface area contributed by atoms with Crippen molar-refractivity contribution in [2.24, 2.45) is 5.92 Å². The number of likely N-dealkylation sites (tertiary alicyclic amines) is 1. The molecule has 4 nitrogen and oxygen atoms in total. The SMILES string of the molecule is Oc1ccccc1CN1CC[C@H]2CCC[C@]1(CCC1OCCO1)C2. The summed E-state index contributed by atoms with van der Waals surface area (Å²) in [5.41, 5.74) is 1.31. The van der Waals surface area contributed by atoms with Gasteiger partial charge in [0.1, 0.15) is 5.75 Å². The Hall–Kier alpha value is -1.10. The highest BCUT2D eigenvalue weighted by molar-refractivity contribution is 5.32. The van der Waals surface area contributed by atoms with Gasteiger partial charge in [0.05, 0.1) is 13.2 Å². The quantitative estimate of drug-likeness (QED) is 0.894. The fourth-order valence-corrected chi connectivity index (χ4v) is 5.01. The van der Waals surface area contributed by atoms with Gasteiger partial charge in [-0.05, 0) is 44.2 Å². The summed E-state index contributed by atoms with van der Waals surface area (Å²) in [6, 6.07) is 7.78. The maximum Gasteiger partial charge on any atom is 0.157 e. The van der Waals surface area contributed by atoms with Gasteiger partial charge in [-0.1, -0.05) is 31.0 Å². The summed E-state index contributed by atoms with van der Waals surface area (Å²) < 4.78 is 11.3. The van der Waals surface area contributed by atoms with Crippen LogP contribution in [-0.2, 0) is 16.0 Å². The lowest BCUT2D eigenvalue weighted by Gasteiger charge is -2.53. The number of piperidine rings is 1. The lowest BCUT2D eigenvalue weighted by Crippen LogP contribution is -2.55. The summed E-state index contributed by atoms with van der Waals surface area (Å²) in [6.45, 7) is 3.47. The van der Waals surface area contributed by atoms with Gasteiger partial charge in [0.15, 0.2) is 6.29 Å². The van der Waals surface area contributed by atoms with Crippen LogP contribution in [0.25, 0.3) is 0 Å². The lowest BCUT2D eigenvalue weighted by molar-refractivity contribution is -0.0770. The van der Waals surface area contributed by atoms with Crippen LogP contribution in [0.3, 0.4) is 0 Å². The van der Waals surface area contributed by atoms with Gasteiger partial charge in [0, 0.05) is 24.1 Å². The first-order valence-electron chi connectivity index (χ1n) is 9.50. The third-order valence-electron chi connectivity index (χ3n) is 6.29. The minimum Gasteiger partial charge on any atom is -0.508 e. The number of phenols is 1. The standard InChI is InChI=1S/C20H29NO3/c22-18-6-2-1-5-17(18)15-21-11-8-16-4-3-9-20(21,14-16)10-7-19-23-12-13-24-19/h1-2,5-6,16,19,22H,3-4,7-15H2/t16-,20+/m1/s1. The topological polar surface area (TPSA) is 41.9 Å². The van der Waals surface area contributed by atoms with E-state index in [9.17, 15) is 5.11 Å². The maximum absolute atomic E-state index is 10.2. The Labute approximate surface area is 144 Å². The van der Waals surface area contributed by atoms with Crippen molar-refractivity contribution < 1.29 is 14.6 Å². The average molecular weight is 331 g/mol. The number of nitrogens with zero attached hydrogens (tertiary/aromatic N) is 1. The zero-order valence-electron chi connectivity index (χ0n) is 14.5. The van der Waals surface area contributed by atoms with Gasteiger partial charge in [0.25, 0.3) is 0 Å². The summed E-state index contributed by atoms with van der Waals surface area (Å²) in [7, 11) is 0. The van der Waals surface area contributed by atoms with Gasteiger partial charge in [-0.2, -0.15) is 0 Å². The Morgan fingerprint density at radius 3 is 2.83 bits per heavy atom. The Balaban J connectivity index is 1.50. The van der Waals surface area contributed by atoms with Crippen LogP contribution in [0.1, 0.15) is 50.5 Å². The molecule has 1 aromatic carbocycles. The molecule has 0 amide bonds. The number of ether oxygens (including phenoxy) is 2. The van der Waals surface area contributed by atoms with Gasteiger partial charge in [-0.25, -0.2) is 0 Å². The van der Waals surface area contributed by atoms with Crippen molar-refractivity contribution in [2.45, 2.75) is 63.3 Å². The Bertz CT molecular complexity index is 558. The van der Waals surface area contributed by atoms with E-state index in [2.05, 4.69) is 11.0 Å². The second kappa shape index (κ2) is 7.03. The van der Waals surface area contributed by atoms with Crippen molar-refractivity contribution in [1.29, 1.82) is 0 Å². The van der Waals surface area contributed by atoms with Crippen LogP contribution in [-0.4, -0.2) is 41.6 Å². The van der Waals surface area contributed by atoms with Gasteiger partial charge in [0.2, 0.25) is 0 Å². The number of aromatic hydroxyl groups is 1. The predicted molar refractivity (Wildman–Crippen MR) is 92.7 cm³/mol. The molecule has 2 aliphatic heterocycles. The van der Waals surface area contributed by atoms with Crippen LogP contribution >= 0.6 is 0 Å². The number of para-hydroxylation sites is 1. The molecule has 132 valence electrons. The predicted octanol–water partition coefficient (Wildman–Crippen LogP) is 3.68. The number of fused-ring (bicyclic) bond motifs is 2. The highest BCUT2D eigenvalue weighted by Crippen LogP contribution is 2.46. The molecule has 0 aromatic heterocycles. The van der Waals surface area contributed by atoms with E-state index in [1.165, 1.54) is 32.1 Å². The summed E-state index contributed by atoms with van der Waals surface area (Å²) in [5, 5.41) is 10.2. The molecule has 1 aliphatic carbocycles. The molecule has 3 aliphatic rings. The molecule has 1 saturated carbocycles. The summed E-state index contributed by atoms with van der Waals surface area (Å²) in [4.78, 5) is 2.65. The molecule has 2 heterocycles. The zero-order chi connectivity index (χ0) is 16.4. The van der Waals surface area contributed by atoms with Crippen LogP contribution in [0.2, 0.25) is 0 Å². The van der Waals surface area contributed by atoms with Crippen LogP contribution in [0.5, 0.6) is 5.75 Å². The van der Waals surface area contributed by atoms with E-state index in [0.717, 1.165) is 50.6 Å². The zero-order valence-corrected chi connectivity index (χ0v) is 14.5. The summed E-state index contributed by atoms with van der Waals surface area (Å²) in [5.74, 6) is 1.30. The van der Waals surface area contributed by atoms with E-state index >= 15 is 0 Å². The molecule has 4 rings (SSSR count). The van der Waals surface area contributed by atoms with Gasteiger partial charge in [-0.3, -0.25) is 4.90 Å². The molecule has 3 fully saturated rings. The number of phenolic OH excluding ortho intramolecular Hbond substituents is 1. The summed E-state index contributed by atoms with van der Waals surface area (Å²) >= 11 is 0. The second-order valence-electron chi connectivity index (χ2n) is 7.74. The Morgan fingerprint density at radius 2 is 2.00 bits per heavy atom. The van der Waals surface area contributed by atoms with Crippen molar-refractivity contribution in [3.05, 3.63) is 29.8 Å². The van der Waals surface area contributed by atoms with Crippen LogP contribution < -0.4 is 0 Å². The third-order valence-corrected chi connectivity index (χ3v) is 6.29. The number of hydrogen-bond acceptors (Lipinski definition) is 4. The molecular weight excluding hydrogens is 302 g/mol. The summed E-state index contributed by atoms with van der Waals surface area (Å²) in [6.07, 6.45) is 8.71. The molecular formula is C20H29NO3. The minimum absolute atomic E-state index is 0.00587. The van der Waals surface area contributed by atoms with Gasteiger partial charge in [-0.15, -0.1) is 0 Å². The van der Waals surface area contributed by atoms with E-state index in [4.69, 9.17) is 9.47 Å². The maximum atomic E-state index is 10.2. The minimum atomic E-state index is -0.00587. The molecule has 4 heteroatoms. The van der Waals surface area contributed by atoms with Crippen molar-refractivity contribution in [1.82, 2.24) is 4.90 Å². The molecule has 0 unspecified atom stereocenters. The molecule has 2 bridgehead atoms. The highest BCUT2D eigenvalue weighted by Gasteiger charge is 2.44. The molecule has 0 radical (unpaired) electrons. The van der Waals surface area contributed by atoms with E-state index < -0.39 is 0 Å². The molecule has 2 atom stereocenters. The third kappa shape index (κ3) is 3.32. The second-order valence-corrected chi connectivity index (χ2v) is 7.74. The first-order chi connectivity index (χ1) is 11.8. The molecule has 0 spiro atoms. The number of rotatable bonds is 5. The smallest absolute Gasteiger partial charge is 0.157 e. The lowest BCUT2D eigenvalue weighted by atomic mass is 9.68. The van der Waals surface area contributed by atoms with Gasteiger partial charge < -0.3 is 14.6 Å². The van der Waals surface area contributed by atoms with E-state index in [-0.39, 0.29) is 11.8 Å². The van der Waals surface area contributed by atoms with Crippen molar-refractivity contribution in [3.8, 4) is 5.75 Å². The van der Waals surface area contributed by atoms with Crippen molar-refractivity contribution >= 4 is 0 Å². The van der Waals surface area contributed by atoms with Crippen LogP contribution in [0, 0.1) is 5.92 Å². The first-order valence-corrected chi connectivity index (χ1v) is 9.50. The average Bonchev–Trinajstić information content (AvgIpc) is 3.11. The Morgan fingerprint density at radius 1 is 1.17 bits per heavy atom. The molecule has 2 saturated heterocycles. The fourth-order valence-electron chi connectivity index (χ4n) is 5.01. The van der Waals surface area contributed by atoms with Crippen LogP contribution in [0.15, 0.2) is 24.3 Å². The largest absolute Gasteiger partial charge is 0.508 e. The fraction of sp³-hybridized carbons (Fsp3) is 0.700. The van der Waals surface area contributed by atoms with E-state index in [0.29, 0.717) is 5.75 Å². The van der Waals surface area contributed by atoms with E-state index in [1.54, 1.807) is 6.07 Å². The molecule has 1 N–H and O–H groups in total. The molecule has 1 aromatic rings. The number of hydrogen-bond donors (Lipinski definition) is 1. The van der Waals surface area contributed by atoms with Crippen molar-refractivity contribution in [2.75, 3.05) is 19.8 Å². The monoisotopic (exact) mass is 331 g/mol. The van der Waals surface area contributed by atoms with Gasteiger partial charge >= 0.3 is 0 Å². The highest BCUT2D eigenvalue weighted by atomic mass is 16.7. The normalized spacial score (nSPS) is 31.4. The Kier molecular flexibility index (Phi) is 4.79. The van der Waals surface area contributed by atoms with Crippen molar-refractivity contribution in [3.63, 3.8) is 0 Å².